The summed E-state index contributed by atoms with van der Waals surface area (Å²) in [4.78, 5) is 27.7. The molecule has 2 amide bonds. The number of carbonyl (C=O) groups is 2. The number of amides is 2. The number of nitrogens with one attached hydrogen (secondary N) is 1. The zero-order chi connectivity index (χ0) is 24.7. The minimum Gasteiger partial charge on any atom is -0.497 e. The highest BCUT2D eigenvalue weighted by atomic mass is 79.9. The predicted molar refractivity (Wildman–Crippen MR) is 138 cm³/mol. The number of ether oxygens (including phenoxy) is 2. The molecule has 0 aliphatic carbocycles. The lowest BCUT2D eigenvalue weighted by molar-refractivity contribution is -0.142. The highest BCUT2D eigenvalue weighted by Crippen LogP contribution is 2.33. The first-order chi connectivity index (χ1) is 16.3. The van der Waals surface area contributed by atoms with Gasteiger partial charge in [-0.2, -0.15) is 0 Å². The summed E-state index contributed by atoms with van der Waals surface area (Å²) in [6, 6.07) is 18.6. The molecule has 7 heteroatoms. The highest BCUT2D eigenvalue weighted by Gasteiger charge is 2.27. The zero-order valence-electron chi connectivity index (χ0n) is 20.0. The van der Waals surface area contributed by atoms with E-state index in [2.05, 4.69) is 21.2 Å². The number of hydrogen-bond donors (Lipinski definition) is 1. The van der Waals surface area contributed by atoms with Crippen molar-refractivity contribution in [3.05, 3.63) is 70.7 Å². The first kappa shape index (κ1) is 25.6. The van der Waals surface area contributed by atoms with Gasteiger partial charge in [0.2, 0.25) is 5.91 Å². The molecule has 0 aliphatic rings. The standard InChI is InChI=1S/C27H31BrN2O4/c1-5-18(2)29-27(32)19(3)30(16-20-10-13-22(33-4)14-11-20)25(31)17-34-24-15-12-21-8-6-7-9-23(21)26(24)28/h6-15,18-19H,5,16-17H2,1-4H3,(H,29,32)/t18-,19+/m0/s1. The van der Waals surface area contributed by atoms with Crippen molar-refractivity contribution in [2.45, 2.75) is 45.8 Å². The van der Waals surface area contributed by atoms with E-state index in [9.17, 15) is 9.59 Å². The average Bonchev–Trinajstić information content (AvgIpc) is 2.86. The summed E-state index contributed by atoms with van der Waals surface area (Å²) in [7, 11) is 1.61. The third kappa shape index (κ3) is 6.29. The van der Waals surface area contributed by atoms with E-state index in [4.69, 9.17) is 9.47 Å². The number of rotatable bonds is 10. The Bertz CT molecular complexity index is 1130. The lowest BCUT2D eigenvalue weighted by Crippen LogP contribution is -2.50. The van der Waals surface area contributed by atoms with E-state index in [1.54, 1.807) is 18.9 Å². The molecule has 0 saturated heterocycles. The van der Waals surface area contributed by atoms with E-state index in [-0.39, 0.29) is 31.0 Å². The van der Waals surface area contributed by atoms with Crippen LogP contribution in [0.25, 0.3) is 10.8 Å². The van der Waals surface area contributed by atoms with Crippen LogP contribution in [-0.4, -0.2) is 42.5 Å². The molecule has 0 aliphatic heterocycles. The molecule has 3 rings (SSSR count). The maximum absolute atomic E-state index is 13.3. The number of nitrogens with zero attached hydrogens (tertiary/aromatic N) is 1. The Kier molecular flexibility index (Phi) is 8.93. The molecule has 0 unspecified atom stereocenters. The van der Waals surface area contributed by atoms with Crippen LogP contribution in [0.1, 0.15) is 32.8 Å². The second-order valence-electron chi connectivity index (χ2n) is 8.25. The van der Waals surface area contributed by atoms with Crippen LogP contribution in [0.4, 0.5) is 0 Å². The maximum Gasteiger partial charge on any atom is 0.261 e. The van der Waals surface area contributed by atoms with Gasteiger partial charge >= 0.3 is 0 Å². The van der Waals surface area contributed by atoms with Crippen LogP contribution in [0.5, 0.6) is 11.5 Å². The molecular weight excluding hydrogens is 496 g/mol. The van der Waals surface area contributed by atoms with E-state index < -0.39 is 6.04 Å². The topological polar surface area (TPSA) is 67.9 Å². The molecule has 3 aromatic rings. The van der Waals surface area contributed by atoms with Gasteiger partial charge < -0.3 is 19.7 Å². The number of benzene rings is 3. The fraction of sp³-hybridized carbons (Fsp3) is 0.333. The molecule has 0 aromatic heterocycles. The van der Waals surface area contributed by atoms with Crippen molar-refractivity contribution >= 4 is 38.5 Å². The molecule has 0 saturated carbocycles. The van der Waals surface area contributed by atoms with E-state index in [1.807, 2.05) is 74.5 Å². The Balaban J connectivity index is 1.78. The summed E-state index contributed by atoms with van der Waals surface area (Å²) in [6.07, 6.45) is 0.810. The van der Waals surface area contributed by atoms with Gasteiger partial charge in [0.05, 0.1) is 11.6 Å². The summed E-state index contributed by atoms with van der Waals surface area (Å²) >= 11 is 3.60. The molecule has 2 atom stereocenters. The molecule has 1 N–H and O–H groups in total. The zero-order valence-corrected chi connectivity index (χ0v) is 21.6. The smallest absolute Gasteiger partial charge is 0.261 e. The van der Waals surface area contributed by atoms with Gasteiger partial charge in [-0.15, -0.1) is 0 Å². The molecule has 0 fully saturated rings. The molecule has 0 heterocycles. The predicted octanol–water partition coefficient (Wildman–Crippen LogP) is 5.32. The molecule has 180 valence electrons. The summed E-state index contributed by atoms with van der Waals surface area (Å²) in [5.74, 6) is 0.840. The minimum absolute atomic E-state index is 0.0256. The van der Waals surface area contributed by atoms with Gasteiger partial charge in [0, 0.05) is 12.6 Å². The Morgan fingerprint density at radius 2 is 1.74 bits per heavy atom. The fourth-order valence-electron chi connectivity index (χ4n) is 3.52. The van der Waals surface area contributed by atoms with Crippen LogP contribution in [0.15, 0.2) is 65.1 Å². The molecule has 6 nitrogen and oxygen atoms in total. The van der Waals surface area contributed by atoms with Crippen LogP contribution >= 0.6 is 15.9 Å². The van der Waals surface area contributed by atoms with Gasteiger partial charge in [-0.3, -0.25) is 9.59 Å². The second-order valence-corrected chi connectivity index (χ2v) is 9.04. The van der Waals surface area contributed by atoms with Gasteiger partial charge in [0.15, 0.2) is 6.61 Å². The Hall–Kier alpha value is -3.06. The van der Waals surface area contributed by atoms with E-state index >= 15 is 0 Å². The number of fused-ring (bicyclic) bond motifs is 1. The number of carbonyl (C=O) groups excluding carboxylic acids is 2. The van der Waals surface area contributed by atoms with Crippen molar-refractivity contribution in [3.63, 3.8) is 0 Å². The maximum atomic E-state index is 13.3. The van der Waals surface area contributed by atoms with E-state index in [0.717, 1.165) is 33.0 Å². The minimum atomic E-state index is -0.660. The van der Waals surface area contributed by atoms with Gasteiger partial charge in [0.1, 0.15) is 17.5 Å². The SMILES string of the molecule is CC[C@H](C)NC(=O)[C@@H](C)N(Cc1ccc(OC)cc1)C(=O)COc1ccc2ccccc2c1Br. The Morgan fingerprint density at radius 3 is 2.41 bits per heavy atom. The van der Waals surface area contributed by atoms with Crippen LogP contribution < -0.4 is 14.8 Å². The highest BCUT2D eigenvalue weighted by molar-refractivity contribution is 9.10. The molecule has 3 aromatic carbocycles. The van der Waals surface area contributed by atoms with Crippen LogP contribution in [0, 0.1) is 0 Å². The molecule has 0 spiro atoms. The number of methoxy groups -OCH3 is 1. The van der Waals surface area contributed by atoms with Gasteiger partial charge in [0.25, 0.3) is 5.91 Å². The average molecular weight is 527 g/mol. The summed E-state index contributed by atoms with van der Waals surface area (Å²) in [6.45, 7) is 5.78. The van der Waals surface area contributed by atoms with Crippen molar-refractivity contribution in [2.24, 2.45) is 0 Å². The summed E-state index contributed by atoms with van der Waals surface area (Å²) < 4.78 is 11.9. The number of halogens is 1. The van der Waals surface area contributed by atoms with Gasteiger partial charge in [-0.1, -0.05) is 49.4 Å². The third-order valence-electron chi connectivity index (χ3n) is 5.86. The van der Waals surface area contributed by atoms with Crippen molar-refractivity contribution in [3.8, 4) is 11.5 Å². The molecule has 0 radical (unpaired) electrons. The fourth-order valence-corrected chi connectivity index (χ4v) is 4.13. The monoisotopic (exact) mass is 526 g/mol. The molecule has 34 heavy (non-hydrogen) atoms. The first-order valence-corrected chi connectivity index (χ1v) is 12.2. The Morgan fingerprint density at radius 1 is 1.03 bits per heavy atom. The van der Waals surface area contributed by atoms with Crippen LogP contribution in [0.2, 0.25) is 0 Å². The normalized spacial score (nSPS) is 12.6. The van der Waals surface area contributed by atoms with Crippen molar-refractivity contribution in [1.29, 1.82) is 0 Å². The van der Waals surface area contributed by atoms with Crippen LogP contribution in [0.3, 0.4) is 0 Å². The molecule has 0 bridgehead atoms. The largest absolute Gasteiger partial charge is 0.497 e. The van der Waals surface area contributed by atoms with E-state index in [1.165, 1.54) is 0 Å². The van der Waals surface area contributed by atoms with Crippen molar-refractivity contribution < 1.29 is 19.1 Å². The van der Waals surface area contributed by atoms with Crippen molar-refractivity contribution in [2.75, 3.05) is 13.7 Å². The van der Waals surface area contributed by atoms with E-state index in [0.29, 0.717) is 5.75 Å². The van der Waals surface area contributed by atoms with Crippen molar-refractivity contribution in [1.82, 2.24) is 10.2 Å². The van der Waals surface area contributed by atoms with Gasteiger partial charge in [-0.25, -0.2) is 0 Å². The number of hydrogen-bond acceptors (Lipinski definition) is 4. The molecular formula is C27H31BrN2O4. The Labute approximate surface area is 209 Å². The first-order valence-electron chi connectivity index (χ1n) is 11.4. The summed E-state index contributed by atoms with van der Waals surface area (Å²) in [5.41, 5.74) is 0.893. The van der Waals surface area contributed by atoms with Crippen LogP contribution in [-0.2, 0) is 16.1 Å². The second kappa shape index (κ2) is 11.9. The third-order valence-corrected chi connectivity index (χ3v) is 6.68. The van der Waals surface area contributed by atoms with Gasteiger partial charge in [-0.05, 0) is 70.7 Å². The summed E-state index contributed by atoms with van der Waals surface area (Å²) in [5, 5.41) is 5.05. The lowest BCUT2D eigenvalue weighted by Gasteiger charge is -2.29. The lowest BCUT2D eigenvalue weighted by atomic mass is 10.1. The quantitative estimate of drug-likeness (QED) is 0.388.